The lowest BCUT2D eigenvalue weighted by atomic mass is 9.97. The first kappa shape index (κ1) is 13.5. The normalized spacial score (nSPS) is 16.1. The maximum atomic E-state index is 11.6. The van der Waals surface area contributed by atoms with E-state index in [-0.39, 0.29) is 11.3 Å². The van der Waals surface area contributed by atoms with E-state index >= 15 is 0 Å². The minimum atomic E-state index is -1.05. The second kappa shape index (κ2) is 5.16. The van der Waals surface area contributed by atoms with Gasteiger partial charge in [-0.05, 0) is 5.41 Å². The Balaban J connectivity index is 2.45. The molecule has 17 heavy (non-hydrogen) atoms. The third-order valence-electron chi connectivity index (χ3n) is 2.22. The number of hydrogen-bond acceptors (Lipinski definition) is 3. The van der Waals surface area contributed by atoms with Gasteiger partial charge in [-0.2, -0.15) is 5.10 Å². The summed E-state index contributed by atoms with van der Waals surface area (Å²) < 4.78 is 0. The Morgan fingerprint density at radius 2 is 2.18 bits per heavy atom. The molecule has 1 aliphatic rings. The van der Waals surface area contributed by atoms with E-state index in [1.54, 1.807) is 0 Å². The molecule has 96 valence electrons. The highest BCUT2D eigenvalue weighted by Gasteiger charge is 2.27. The standard InChI is InChI=1S/C11H19N3O3/c1-11(2,3)7-14-9(15)6-8(13-14)4-5-12-10(16)17/h12H,4-7H2,1-3H3,(H,16,17). The van der Waals surface area contributed by atoms with Gasteiger partial charge in [0.2, 0.25) is 5.91 Å². The first-order chi connectivity index (χ1) is 7.78. The summed E-state index contributed by atoms with van der Waals surface area (Å²) in [6.07, 6.45) is -0.266. The summed E-state index contributed by atoms with van der Waals surface area (Å²) in [4.78, 5) is 21.9. The molecular weight excluding hydrogens is 222 g/mol. The Morgan fingerprint density at radius 1 is 1.53 bits per heavy atom. The summed E-state index contributed by atoms with van der Waals surface area (Å²) in [5.41, 5.74) is 0.751. The van der Waals surface area contributed by atoms with Crippen LogP contribution < -0.4 is 5.32 Å². The van der Waals surface area contributed by atoms with Crippen LogP contribution in [0.15, 0.2) is 5.10 Å². The van der Waals surface area contributed by atoms with E-state index in [2.05, 4.69) is 10.4 Å². The van der Waals surface area contributed by atoms with Crippen LogP contribution in [0.2, 0.25) is 0 Å². The Kier molecular flexibility index (Phi) is 4.09. The molecule has 2 amide bonds. The molecule has 0 saturated carbocycles. The lowest BCUT2D eigenvalue weighted by Crippen LogP contribution is -2.30. The molecule has 0 aromatic carbocycles. The molecule has 0 aromatic heterocycles. The molecule has 0 atom stereocenters. The largest absolute Gasteiger partial charge is 0.465 e. The summed E-state index contributed by atoms with van der Waals surface area (Å²) in [5.74, 6) is -0.00903. The molecule has 0 aromatic rings. The van der Waals surface area contributed by atoms with Crippen LogP contribution in [0.4, 0.5) is 4.79 Å². The molecule has 0 bridgehead atoms. The third kappa shape index (κ3) is 4.84. The first-order valence-electron chi connectivity index (χ1n) is 5.61. The summed E-state index contributed by atoms with van der Waals surface area (Å²) in [5, 5.41) is 16.4. The molecule has 0 unspecified atom stereocenters. The zero-order valence-corrected chi connectivity index (χ0v) is 10.5. The monoisotopic (exact) mass is 241 g/mol. The summed E-state index contributed by atoms with van der Waals surface area (Å²) in [7, 11) is 0. The average Bonchev–Trinajstić information content (AvgIpc) is 2.43. The van der Waals surface area contributed by atoms with Crippen molar-refractivity contribution in [2.45, 2.75) is 33.6 Å². The van der Waals surface area contributed by atoms with E-state index in [1.807, 2.05) is 20.8 Å². The van der Waals surface area contributed by atoms with E-state index in [1.165, 1.54) is 5.01 Å². The van der Waals surface area contributed by atoms with Crippen LogP contribution in [0.5, 0.6) is 0 Å². The lowest BCUT2D eigenvalue weighted by molar-refractivity contribution is -0.129. The molecule has 2 N–H and O–H groups in total. The smallest absolute Gasteiger partial charge is 0.404 e. The zero-order chi connectivity index (χ0) is 13.1. The number of carbonyl (C=O) groups is 2. The molecular formula is C11H19N3O3. The molecule has 0 radical (unpaired) electrons. The van der Waals surface area contributed by atoms with Gasteiger partial charge in [0.25, 0.3) is 0 Å². The lowest BCUT2D eigenvalue weighted by Gasteiger charge is -2.23. The molecule has 0 spiro atoms. The summed E-state index contributed by atoms with van der Waals surface area (Å²) in [6, 6.07) is 0. The van der Waals surface area contributed by atoms with Crippen molar-refractivity contribution >= 4 is 17.7 Å². The van der Waals surface area contributed by atoms with Gasteiger partial charge in [-0.25, -0.2) is 9.80 Å². The van der Waals surface area contributed by atoms with Crippen molar-refractivity contribution in [1.29, 1.82) is 0 Å². The quantitative estimate of drug-likeness (QED) is 0.777. The van der Waals surface area contributed by atoms with E-state index in [0.29, 0.717) is 25.9 Å². The number of nitrogens with zero attached hydrogens (tertiary/aromatic N) is 2. The SMILES string of the molecule is CC(C)(C)CN1N=C(CCNC(=O)O)CC1=O. The molecule has 0 saturated heterocycles. The molecule has 6 nitrogen and oxygen atoms in total. The van der Waals surface area contributed by atoms with Crippen molar-refractivity contribution < 1.29 is 14.7 Å². The van der Waals surface area contributed by atoms with E-state index in [0.717, 1.165) is 5.71 Å². The van der Waals surface area contributed by atoms with E-state index in [4.69, 9.17) is 5.11 Å². The Labute approximate surface area is 101 Å². The van der Waals surface area contributed by atoms with Gasteiger partial charge in [0, 0.05) is 25.2 Å². The van der Waals surface area contributed by atoms with Gasteiger partial charge in [-0.3, -0.25) is 4.79 Å². The highest BCUT2D eigenvalue weighted by atomic mass is 16.4. The van der Waals surface area contributed by atoms with Gasteiger partial charge in [0.15, 0.2) is 0 Å². The van der Waals surface area contributed by atoms with Crippen LogP contribution in [0.25, 0.3) is 0 Å². The highest BCUT2D eigenvalue weighted by molar-refractivity contribution is 6.05. The Hall–Kier alpha value is -1.59. The van der Waals surface area contributed by atoms with Gasteiger partial charge >= 0.3 is 6.09 Å². The first-order valence-corrected chi connectivity index (χ1v) is 5.61. The molecule has 6 heteroatoms. The third-order valence-corrected chi connectivity index (χ3v) is 2.22. The Morgan fingerprint density at radius 3 is 2.71 bits per heavy atom. The van der Waals surface area contributed by atoms with Crippen LogP contribution in [0.1, 0.15) is 33.6 Å². The van der Waals surface area contributed by atoms with Crippen LogP contribution >= 0.6 is 0 Å². The van der Waals surface area contributed by atoms with Crippen molar-refractivity contribution in [1.82, 2.24) is 10.3 Å². The second-order valence-electron chi connectivity index (χ2n) is 5.34. The highest BCUT2D eigenvalue weighted by Crippen LogP contribution is 2.19. The van der Waals surface area contributed by atoms with Crippen LogP contribution in [-0.2, 0) is 4.79 Å². The van der Waals surface area contributed by atoms with Gasteiger partial charge in [0.05, 0.1) is 6.42 Å². The van der Waals surface area contributed by atoms with E-state index < -0.39 is 6.09 Å². The van der Waals surface area contributed by atoms with Gasteiger partial charge in [0.1, 0.15) is 0 Å². The number of amides is 2. The minimum absolute atomic E-state index is 0.00786. The number of carboxylic acid groups (broad SMARTS) is 1. The molecule has 1 rings (SSSR count). The predicted molar refractivity (Wildman–Crippen MR) is 63.9 cm³/mol. The fourth-order valence-corrected chi connectivity index (χ4v) is 1.55. The van der Waals surface area contributed by atoms with E-state index in [9.17, 15) is 9.59 Å². The molecule has 0 aliphatic carbocycles. The maximum absolute atomic E-state index is 11.6. The van der Waals surface area contributed by atoms with Crippen LogP contribution in [-0.4, -0.2) is 40.9 Å². The number of rotatable bonds is 4. The number of hydrazone groups is 1. The zero-order valence-electron chi connectivity index (χ0n) is 10.5. The van der Waals surface area contributed by atoms with Gasteiger partial charge in [-0.1, -0.05) is 20.8 Å². The topological polar surface area (TPSA) is 82.0 Å². The number of nitrogens with one attached hydrogen (secondary N) is 1. The number of carbonyl (C=O) groups excluding carboxylic acids is 1. The van der Waals surface area contributed by atoms with Crippen molar-refractivity contribution in [3.05, 3.63) is 0 Å². The van der Waals surface area contributed by atoms with Crippen molar-refractivity contribution in [3.8, 4) is 0 Å². The summed E-state index contributed by atoms with van der Waals surface area (Å²) in [6.45, 7) is 7.01. The van der Waals surface area contributed by atoms with Crippen LogP contribution in [0.3, 0.4) is 0 Å². The van der Waals surface area contributed by atoms with Crippen molar-refractivity contribution in [3.63, 3.8) is 0 Å². The van der Waals surface area contributed by atoms with Gasteiger partial charge in [-0.15, -0.1) is 0 Å². The average molecular weight is 241 g/mol. The van der Waals surface area contributed by atoms with Crippen LogP contribution in [0, 0.1) is 5.41 Å². The fourth-order valence-electron chi connectivity index (χ4n) is 1.55. The Bertz CT molecular complexity index is 344. The second-order valence-corrected chi connectivity index (χ2v) is 5.34. The molecule has 1 aliphatic heterocycles. The van der Waals surface area contributed by atoms with Gasteiger partial charge < -0.3 is 10.4 Å². The molecule has 0 fully saturated rings. The summed E-state index contributed by atoms with van der Waals surface area (Å²) >= 11 is 0. The minimum Gasteiger partial charge on any atom is -0.465 e. The fraction of sp³-hybridized carbons (Fsp3) is 0.727. The maximum Gasteiger partial charge on any atom is 0.404 e. The van der Waals surface area contributed by atoms with Crippen molar-refractivity contribution in [2.75, 3.05) is 13.1 Å². The molecule has 1 heterocycles. The van der Waals surface area contributed by atoms with Crippen molar-refractivity contribution in [2.24, 2.45) is 10.5 Å². The predicted octanol–water partition coefficient (Wildman–Crippen LogP) is 1.28. The number of hydrogen-bond donors (Lipinski definition) is 2.